The highest BCUT2D eigenvalue weighted by Crippen LogP contribution is 2.36. The molecule has 1 aliphatic heterocycles. The van der Waals surface area contributed by atoms with Crippen LogP contribution in [0.15, 0.2) is 65.1 Å². The second kappa shape index (κ2) is 12.9. The van der Waals surface area contributed by atoms with E-state index in [-0.39, 0.29) is 6.09 Å². The maximum absolute atomic E-state index is 12.3. The maximum Gasteiger partial charge on any atom is 0.410 e. The number of hydrogen-bond donors (Lipinski definition) is 0. The van der Waals surface area contributed by atoms with Crippen LogP contribution in [-0.2, 0) is 4.74 Å². The Balaban J connectivity index is 1.13. The van der Waals surface area contributed by atoms with E-state index in [9.17, 15) is 4.79 Å². The van der Waals surface area contributed by atoms with Crippen molar-refractivity contribution in [2.45, 2.75) is 32.8 Å². The van der Waals surface area contributed by atoms with Crippen molar-refractivity contribution in [3.05, 3.63) is 65.7 Å². The van der Waals surface area contributed by atoms with Gasteiger partial charge in [-0.1, -0.05) is 11.6 Å². The van der Waals surface area contributed by atoms with Gasteiger partial charge in [0.15, 0.2) is 5.58 Å². The molecule has 2 heterocycles. The molecule has 9 nitrogen and oxygen atoms in total. The SMILES string of the molecule is COc1cc(OCCCN2CCN(C(=O)OC(C)(C)C)CC2)ccc1-c1nc2ccc(Oc3ccc(Cl)cc3)cc2o1. The van der Waals surface area contributed by atoms with Crippen LogP contribution < -0.4 is 14.2 Å². The smallest absolute Gasteiger partial charge is 0.410 e. The van der Waals surface area contributed by atoms with Gasteiger partial charge in [-0.05, 0) is 75.7 Å². The third-order valence-electron chi connectivity index (χ3n) is 6.72. The number of aromatic nitrogens is 1. The Kier molecular flexibility index (Phi) is 9.09. The number of ether oxygens (including phenoxy) is 4. The summed E-state index contributed by atoms with van der Waals surface area (Å²) in [7, 11) is 1.61. The van der Waals surface area contributed by atoms with E-state index in [0.717, 1.165) is 31.6 Å². The van der Waals surface area contributed by atoms with Crippen molar-refractivity contribution in [1.82, 2.24) is 14.8 Å². The van der Waals surface area contributed by atoms with Gasteiger partial charge >= 0.3 is 6.09 Å². The number of piperazine rings is 1. The largest absolute Gasteiger partial charge is 0.496 e. The van der Waals surface area contributed by atoms with Gasteiger partial charge < -0.3 is 28.3 Å². The second-order valence-corrected chi connectivity index (χ2v) is 11.5. The van der Waals surface area contributed by atoms with Gasteiger partial charge in [-0.2, -0.15) is 0 Å². The van der Waals surface area contributed by atoms with Gasteiger partial charge in [0.1, 0.15) is 34.1 Å². The molecule has 0 saturated carbocycles. The zero-order valence-corrected chi connectivity index (χ0v) is 25.1. The van der Waals surface area contributed by atoms with Crippen LogP contribution in [0, 0.1) is 0 Å². The molecular weight excluding hydrogens is 558 g/mol. The number of oxazole rings is 1. The average Bonchev–Trinajstić information content (AvgIpc) is 3.39. The standard InChI is InChI=1S/C32H36ClN3O6/c1-32(2,3)42-31(37)36-17-15-35(16-18-36)14-5-19-39-24-10-12-26(28(20-24)38-4)30-34-27-13-11-25(21-29(27)41-30)40-23-8-6-22(33)7-9-23/h6-13,20-21H,5,14-19H2,1-4H3. The van der Waals surface area contributed by atoms with Crippen LogP contribution in [0.25, 0.3) is 22.6 Å². The molecule has 0 radical (unpaired) electrons. The van der Waals surface area contributed by atoms with Crippen LogP contribution >= 0.6 is 11.6 Å². The van der Waals surface area contributed by atoms with E-state index in [1.54, 1.807) is 24.1 Å². The summed E-state index contributed by atoms with van der Waals surface area (Å²) in [6, 6.07) is 18.3. The summed E-state index contributed by atoms with van der Waals surface area (Å²) in [5.74, 6) is 3.07. The molecule has 0 atom stereocenters. The summed E-state index contributed by atoms with van der Waals surface area (Å²) in [5.41, 5.74) is 1.56. The van der Waals surface area contributed by atoms with Crippen LogP contribution in [0.3, 0.4) is 0 Å². The predicted molar refractivity (Wildman–Crippen MR) is 162 cm³/mol. The number of methoxy groups -OCH3 is 1. The molecule has 4 aromatic rings. The molecule has 1 amide bonds. The minimum atomic E-state index is -0.479. The Morgan fingerprint density at radius 2 is 1.67 bits per heavy atom. The van der Waals surface area contributed by atoms with Gasteiger partial charge in [0, 0.05) is 49.9 Å². The summed E-state index contributed by atoms with van der Waals surface area (Å²) in [5, 5.41) is 0.648. The van der Waals surface area contributed by atoms with E-state index < -0.39 is 5.60 Å². The lowest BCUT2D eigenvalue weighted by molar-refractivity contribution is 0.0142. The molecule has 10 heteroatoms. The molecule has 0 spiro atoms. The highest BCUT2D eigenvalue weighted by molar-refractivity contribution is 6.30. The molecule has 1 fully saturated rings. The molecule has 222 valence electrons. The summed E-state index contributed by atoms with van der Waals surface area (Å²) in [6.07, 6.45) is 0.621. The molecule has 1 aromatic heterocycles. The molecule has 3 aromatic carbocycles. The number of amides is 1. The highest BCUT2D eigenvalue weighted by atomic mass is 35.5. The normalized spacial score (nSPS) is 14.2. The average molecular weight is 594 g/mol. The number of nitrogens with zero attached hydrogens (tertiary/aromatic N) is 3. The Bertz CT molecular complexity index is 1510. The maximum atomic E-state index is 12.3. The van der Waals surface area contributed by atoms with Gasteiger partial charge in [-0.15, -0.1) is 0 Å². The molecule has 0 aliphatic carbocycles. The zero-order chi connectivity index (χ0) is 29.7. The summed E-state index contributed by atoms with van der Waals surface area (Å²) < 4.78 is 29.1. The van der Waals surface area contributed by atoms with Crippen molar-refractivity contribution in [3.8, 4) is 34.5 Å². The fraction of sp³-hybridized carbons (Fsp3) is 0.375. The van der Waals surface area contributed by atoms with Gasteiger partial charge in [-0.25, -0.2) is 9.78 Å². The van der Waals surface area contributed by atoms with E-state index in [1.807, 2.05) is 69.3 Å². The van der Waals surface area contributed by atoms with E-state index >= 15 is 0 Å². The van der Waals surface area contributed by atoms with Crippen LogP contribution in [0.5, 0.6) is 23.0 Å². The number of halogens is 1. The van der Waals surface area contributed by atoms with Gasteiger partial charge in [0.2, 0.25) is 5.89 Å². The number of carbonyl (C=O) groups excluding carboxylic acids is 1. The third kappa shape index (κ3) is 7.66. The quantitative estimate of drug-likeness (QED) is 0.187. The summed E-state index contributed by atoms with van der Waals surface area (Å²) in [6.45, 7) is 10.1. The van der Waals surface area contributed by atoms with Gasteiger partial charge in [-0.3, -0.25) is 4.90 Å². The first-order valence-corrected chi connectivity index (χ1v) is 14.4. The Morgan fingerprint density at radius 1 is 0.952 bits per heavy atom. The minimum absolute atomic E-state index is 0.242. The van der Waals surface area contributed by atoms with Crippen molar-refractivity contribution in [3.63, 3.8) is 0 Å². The van der Waals surface area contributed by atoms with E-state index in [0.29, 0.717) is 64.7 Å². The van der Waals surface area contributed by atoms with Crippen molar-refractivity contribution < 1.29 is 28.2 Å². The lowest BCUT2D eigenvalue weighted by Gasteiger charge is -2.35. The molecule has 5 rings (SSSR count). The zero-order valence-electron chi connectivity index (χ0n) is 24.4. The first kappa shape index (κ1) is 29.5. The molecular formula is C32H36ClN3O6. The Hall–Kier alpha value is -3.95. The van der Waals surface area contributed by atoms with Crippen LogP contribution in [-0.4, -0.2) is 72.9 Å². The summed E-state index contributed by atoms with van der Waals surface area (Å²) in [4.78, 5) is 21.0. The number of rotatable bonds is 9. The predicted octanol–water partition coefficient (Wildman–Crippen LogP) is 7.27. The Labute approximate surface area is 250 Å². The molecule has 0 bridgehead atoms. The van der Waals surface area contributed by atoms with Crippen LogP contribution in [0.2, 0.25) is 5.02 Å². The first-order valence-electron chi connectivity index (χ1n) is 14.0. The van der Waals surface area contributed by atoms with Crippen LogP contribution in [0.4, 0.5) is 4.79 Å². The van der Waals surface area contributed by atoms with E-state index in [2.05, 4.69) is 9.88 Å². The molecule has 0 unspecified atom stereocenters. The lowest BCUT2D eigenvalue weighted by atomic mass is 10.2. The molecule has 1 aliphatic rings. The number of benzene rings is 3. The topological polar surface area (TPSA) is 86.5 Å². The molecule has 42 heavy (non-hydrogen) atoms. The van der Waals surface area contributed by atoms with Crippen molar-refractivity contribution in [2.24, 2.45) is 0 Å². The fourth-order valence-electron chi connectivity index (χ4n) is 4.62. The molecule has 0 N–H and O–H groups in total. The first-order chi connectivity index (χ1) is 20.2. The third-order valence-corrected chi connectivity index (χ3v) is 6.98. The number of carbonyl (C=O) groups is 1. The fourth-order valence-corrected chi connectivity index (χ4v) is 4.75. The Morgan fingerprint density at radius 3 is 2.38 bits per heavy atom. The summed E-state index contributed by atoms with van der Waals surface area (Å²) >= 11 is 5.96. The van der Waals surface area contributed by atoms with Gasteiger partial charge in [0.05, 0.1) is 19.3 Å². The van der Waals surface area contributed by atoms with Gasteiger partial charge in [0.25, 0.3) is 0 Å². The second-order valence-electron chi connectivity index (χ2n) is 11.1. The van der Waals surface area contributed by atoms with Crippen LogP contribution in [0.1, 0.15) is 27.2 Å². The number of hydrogen-bond acceptors (Lipinski definition) is 8. The van der Waals surface area contributed by atoms with Crippen molar-refractivity contribution in [2.75, 3.05) is 46.4 Å². The monoisotopic (exact) mass is 593 g/mol. The van der Waals surface area contributed by atoms with E-state index in [4.69, 9.17) is 35.0 Å². The lowest BCUT2D eigenvalue weighted by Crippen LogP contribution is -2.50. The molecule has 1 saturated heterocycles. The highest BCUT2D eigenvalue weighted by Gasteiger charge is 2.25. The van der Waals surface area contributed by atoms with E-state index in [1.165, 1.54) is 0 Å². The van der Waals surface area contributed by atoms with Crippen molar-refractivity contribution >= 4 is 28.8 Å². The van der Waals surface area contributed by atoms with Crippen molar-refractivity contribution in [1.29, 1.82) is 0 Å². The number of fused-ring (bicyclic) bond motifs is 1. The minimum Gasteiger partial charge on any atom is -0.496 e.